The third-order valence-corrected chi connectivity index (χ3v) is 5.89. The van der Waals surface area contributed by atoms with Crippen LogP contribution >= 0.6 is 0 Å². The van der Waals surface area contributed by atoms with Gasteiger partial charge in [-0.2, -0.15) is 0 Å². The highest BCUT2D eigenvalue weighted by atomic mass is 16.5. The van der Waals surface area contributed by atoms with Gasteiger partial charge in [-0.1, -0.05) is 45.4 Å². The van der Waals surface area contributed by atoms with Gasteiger partial charge in [0.05, 0.1) is 25.4 Å². The molecule has 0 spiro atoms. The van der Waals surface area contributed by atoms with E-state index in [2.05, 4.69) is 11.7 Å². The average molecular weight is 373 g/mol. The highest BCUT2D eigenvalue weighted by Gasteiger charge is 2.40. The average Bonchev–Trinajstić information content (AvgIpc) is 2.89. The molecule has 0 aromatic heterocycles. The van der Waals surface area contributed by atoms with Crippen molar-refractivity contribution in [1.29, 1.82) is 0 Å². The molecular weight excluding hydrogens is 332 g/mol. The molecule has 0 heterocycles. The summed E-state index contributed by atoms with van der Waals surface area (Å²) in [7, 11) is 1.42. The third kappa shape index (κ3) is 8.83. The summed E-state index contributed by atoms with van der Waals surface area (Å²) in [5, 5.41) is 30.5. The lowest BCUT2D eigenvalue weighted by Crippen LogP contribution is -2.27. The van der Waals surface area contributed by atoms with E-state index in [1.54, 1.807) is 0 Å². The van der Waals surface area contributed by atoms with Crippen LogP contribution in [0.4, 0.5) is 0 Å². The van der Waals surface area contributed by atoms with Crippen LogP contribution in [0.2, 0.25) is 0 Å². The maximum absolute atomic E-state index is 11.1. The summed E-state index contributed by atoms with van der Waals surface area (Å²) in [6.45, 7) is 2.16. The van der Waals surface area contributed by atoms with Crippen molar-refractivity contribution in [2.24, 2.45) is 11.8 Å². The highest BCUT2D eigenvalue weighted by molar-refractivity contribution is 5.68. The molecule has 3 N–H and O–H groups in total. The lowest BCUT2D eigenvalue weighted by atomic mass is 9.85. The number of ether oxygens (including phenoxy) is 1. The topological polar surface area (TPSA) is 87.0 Å². The molecule has 0 bridgehead atoms. The molecule has 1 aliphatic rings. The smallest absolute Gasteiger partial charge is 0.305 e. The van der Waals surface area contributed by atoms with Crippen LogP contribution in [0, 0.1) is 11.8 Å². The van der Waals surface area contributed by atoms with Crippen molar-refractivity contribution in [1.82, 2.24) is 0 Å². The zero-order valence-corrected chi connectivity index (χ0v) is 16.7. The monoisotopic (exact) mass is 372 g/mol. The van der Waals surface area contributed by atoms with Gasteiger partial charge in [-0.15, -0.1) is 0 Å². The van der Waals surface area contributed by atoms with Gasteiger partial charge in [-0.25, -0.2) is 0 Å². The van der Waals surface area contributed by atoms with E-state index < -0.39 is 12.2 Å². The van der Waals surface area contributed by atoms with Crippen molar-refractivity contribution in [3.8, 4) is 0 Å². The van der Waals surface area contributed by atoms with Crippen LogP contribution in [-0.4, -0.2) is 46.7 Å². The maximum Gasteiger partial charge on any atom is 0.305 e. The van der Waals surface area contributed by atoms with E-state index in [9.17, 15) is 20.1 Å². The predicted octanol–water partition coefficient (Wildman–Crippen LogP) is 3.58. The Bertz CT molecular complexity index is 373. The molecular formula is C21H40O5. The van der Waals surface area contributed by atoms with Crippen molar-refractivity contribution in [2.75, 3.05) is 7.11 Å². The number of hydrogen-bond acceptors (Lipinski definition) is 5. The summed E-state index contributed by atoms with van der Waals surface area (Å²) in [6.07, 6.45) is 10.3. The number of carbonyl (C=O) groups is 1. The Kier molecular flexibility index (Phi) is 12.2. The molecule has 5 heteroatoms. The second kappa shape index (κ2) is 13.5. The molecule has 5 unspecified atom stereocenters. The number of esters is 1. The quantitative estimate of drug-likeness (QED) is 0.320. The standard InChI is InChI=1S/C21H40O5/c1-3-4-7-11-17(22)13-14-18-16(15-19(23)21(18)25)10-8-5-6-9-12-20(24)26-2/h16-19,21-23,25H,3-15H2,1-2H3. The Labute approximate surface area is 159 Å². The second-order valence-corrected chi connectivity index (χ2v) is 7.97. The summed E-state index contributed by atoms with van der Waals surface area (Å²) >= 11 is 0. The summed E-state index contributed by atoms with van der Waals surface area (Å²) in [4.78, 5) is 11.1. The molecule has 5 nitrogen and oxygen atoms in total. The minimum Gasteiger partial charge on any atom is -0.469 e. The first kappa shape index (κ1) is 23.4. The van der Waals surface area contributed by atoms with Gasteiger partial charge in [0.15, 0.2) is 0 Å². The van der Waals surface area contributed by atoms with E-state index in [1.807, 2.05) is 0 Å². The van der Waals surface area contributed by atoms with Crippen LogP contribution < -0.4 is 0 Å². The van der Waals surface area contributed by atoms with Gasteiger partial charge in [0.1, 0.15) is 0 Å². The summed E-state index contributed by atoms with van der Waals surface area (Å²) in [6, 6.07) is 0. The maximum atomic E-state index is 11.1. The minimum absolute atomic E-state index is 0.0981. The molecule has 0 aliphatic heterocycles. The molecule has 0 aromatic rings. The molecule has 0 amide bonds. The van der Waals surface area contributed by atoms with E-state index in [0.29, 0.717) is 25.2 Å². The van der Waals surface area contributed by atoms with Crippen molar-refractivity contribution in [3.05, 3.63) is 0 Å². The zero-order valence-electron chi connectivity index (χ0n) is 16.7. The lowest BCUT2D eigenvalue weighted by molar-refractivity contribution is -0.140. The fourth-order valence-corrected chi connectivity index (χ4v) is 4.22. The normalized spacial score (nSPS) is 26.8. The van der Waals surface area contributed by atoms with E-state index in [0.717, 1.165) is 64.2 Å². The van der Waals surface area contributed by atoms with Gasteiger partial charge in [0.2, 0.25) is 0 Å². The summed E-state index contributed by atoms with van der Waals surface area (Å²) in [5.41, 5.74) is 0. The van der Waals surface area contributed by atoms with E-state index >= 15 is 0 Å². The second-order valence-electron chi connectivity index (χ2n) is 7.97. The molecule has 0 saturated heterocycles. The minimum atomic E-state index is -0.651. The van der Waals surface area contributed by atoms with Gasteiger partial charge in [-0.3, -0.25) is 4.79 Å². The van der Waals surface area contributed by atoms with Gasteiger partial charge < -0.3 is 20.1 Å². The first-order valence-electron chi connectivity index (χ1n) is 10.6. The van der Waals surface area contributed by atoms with Crippen molar-refractivity contribution in [2.45, 2.75) is 109 Å². The molecule has 154 valence electrons. The Hall–Kier alpha value is -0.650. The Morgan fingerprint density at radius 2 is 1.77 bits per heavy atom. The van der Waals surface area contributed by atoms with E-state index in [4.69, 9.17) is 0 Å². The Morgan fingerprint density at radius 1 is 1.04 bits per heavy atom. The Morgan fingerprint density at radius 3 is 2.46 bits per heavy atom. The molecule has 26 heavy (non-hydrogen) atoms. The van der Waals surface area contributed by atoms with Crippen molar-refractivity contribution in [3.63, 3.8) is 0 Å². The fourth-order valence-electron chi connectivity index (χ4n) is 4.22. The van der Waals surface area contributed by atoms with Gasteiger partial charge in [-0.05, 0) is 50.4 Å². The number of rotatable bonds is 14. The molecule has 0 aromatic carbocycles. The number of aliphatic hydroxyl groups is 3. The van der Waals surface area contributed by atoms with E-state index in [-0.39, 0.29) is 18.0 Å². The van der Waals surface area contributed by atoms with Crippen molar-refractivity contribution < 1.29 is 24.9 Å². The SMILES string of the molecule is CCCCCC(O)CCC1C(CCCCCCC(=O)OC)CC(O)C1O. The van der Waals surface area contributed by atoms with Crippen LogP contribution in [0.1, 0.15) is 90.4 Å². The molecule has 1 saturated carbocycles. The van der Waals surface area contributed by atoms with Gasteiger partial charge >= 0.3 is 5.97 Å². The van der Waals surface area contributed by atoms with Gasteiger partial charge in [0.25, 0.3) is 0 Å². The number of aliphatic hydroxyl groups excluding tert-OH is 3. The fraction of sp³-hybridized carbons (Fsp3) is 0.952. The van der Waals surface area contributed by atoms with Gasteiger partial charge in [0, 0.05) is 6.42 Å². The molecule has 0 radical (unpaired) electrons. The number of unbranched alkanes of at least 4 members (excludes halogenated alkanes) is 5. The molecule has 1 fully saturated rings. The van der Waals surface area contributed by atoms with Crippen LogP contribution in [0.15, 0.2) is 0 Å². The Balaban J connectivity index is 2.26. The third-order valence-electron chi connectivity index (χ3n) is 5.89. The zero-order chi connectivity index (χ0) is 19.4. The lowest BCUT2D eigenvalue weighted by Gasteiger charge is -2.23. The van der Waals surface area contributed by atoms with E-state index in [1.165, 1.54) is 7.11 Å². The van der Waals surface area contributed by atoms with Crippen LogP contribution in [0.25, 0.3) is 0 Å². The first-order chi connectivity index (χ1) is 12.5. The largest absolute Gasteiger partial charge is 0.469 e. The first-order valence-corrected chi connectivity index (χ1v) is 10.6. The number of methoxy groups -OCH3 is 1. The highest BCUT2D eigenvalue weighted by Crippen LogP contribution is 2.39. The van der Waals surface area contributed by atoms with Crippen LogP contribution in [0.3, 0.4) is 0 Å². The van der Waals surface area contributed by atoms with Crippen molar-refractivity contribution >= 4 is 5.97 Å². The summed E-state index contributed by atoms with van der Waals surface area (Å²) in [5.74, 6) is 0.286. The molecule has 5 atom stereocenters. The predicted molar refractivity (Wildman–Crippen MR) is 103 cm³/mol. The number of hydrogen-bond donors (Lipinski definition) is 3. The summed E-state index contributed by atoms with van der Waals surface area (Å²) < 4.78 is 4.64. The molecule has 1 aliphatic carbocycles. The van der Waals surface area contributed by atoms with Crippen LogP contribution in [0.5, 0.6) is 0 Å². The van der Waals surface area contributed by atoms with Crippen LogP contribution in [-0.2, 0) is 9.53 Å². The number of carbonyl (C=O) groups excluding carboxylic acids is 1. The molecule has 1 rings (SSSR count).